The van der Waals surface area contributed by atoms with E-state index in [0.717, 1.165) is 13.0 Å². The summed E-state index contributed by atoms with van der Waals surface area (Å²) < 4.78 is 1.80. The Labute approximate surface area is 106 Å². The van der Waals surface area contributed by atoms with Crippen molar-refractivity contribution in [1.82, 2.24) is 25.7 Å². The van der Waals surface area contributed by atoms with Gasteiger partial charge in [0.25, 0.3) is 0 Å². The molecule has 0 aromatic carbocycles. The van der Waals surface area contributed by atoms with Gasteiger partial charge < -0.3 is 16.0 Å². The zero-order valence-corrected chi connectivity index (χ0v) is 10.5. The molecule has 7 heteroatoms. The van der Waals surface area contributed by atoms with Crippen molar-refractivity contribution in [1.29, 1.82) is 0 Å². The average molecular weight is 253 g/mol. The predicted octanol–water partition coefficient (Wildman–Crippen LogP) is -0.291. The summed E-state index contributed by atoms with van der Waals surface area (Å²) in [6.07, 6.45) is 4.37. The van der Waals surface area contributed by atoms with E-state index in [1.54, 1.807) is 10.9 Å². The van der Waals surface area contributed by atoms with Gasteiger partial charge in [-0.25, -0.2) is 4.79 Å². The van der Waals surface area contributed by atoms with Crippen molar-refractivity contribution in [3.05, 3.63) is 18.5 Å². The summed E-state index contributed by atoms with van der Waals surface area (Å²) in [5.74, 6) is -0.191. The van der Waals surface area contributed by atoms with Gasteiger partial charge in [0.1, 0.15) is 0 Å². The number of urea groups is 1. The highest BCUT2D eigenvalue weighted by atomic mass is 16.2. The van der Waals surface area contributed by atoms with Crippen molar-refractivity contribution in [2.45, 2.75) is 19.9 Å². The van der Waals surface area contributed by atoms with Gasteiger partial charge in [-0.2, -0.15) is 5.10 Å². The van der Waals surface area contributed by atoms with Crippen molar-refractivity contribution in [3.63, 3.8) is 0 Å². The van der Waals surface area contributed by atoms with Crippen molar-refractivity contribution >= 4 is 11.9 Å². The van der Waals surface area contributed by atoms with Gasteiger partial charge in [-0.3, -0.25) is 9.48 Å². The van der Waals surface area contributed by atoms with E-state index in [2.05, 4.69) is 21.0 Å². The minimum atomic E-state index is -0.332. The van der Waals surface area contributed by atoms with Gasteiger partial charge in [0.2, 0.25) is 5.91 Å². The minimum absolute atomic E-state index is 0.00116. The number of aryl methyl sites for hydroxylation is 1. The zero-order chi connectivity index (χ0) is 13.2. The number of hydrogen-bond donors (Lipinski definition) is 3. The smallest absolute Gasteiger partial charge is 0.315 e. The number of nitrogens with zero attached hydrogens (tertiary/aromatic N) is 2. The Morgan fingerprint density at radius 2 is 2.11 bits per heavy atom. The van der Waals surface area contributed by atoms with Gasteiger partial charge in [-0.1, -0.05) is 0 Å². The molecule has 18 heavy (non-hydrogen) atoms. The first-order valence-corrected chi connectivity index (χ1v) is 5.98. The van der Waals surface area contributed by atoms with Crippen LogP contribution in [0.5, 0.6) is 0 Å². The van der Waals surface area contributed by atoms with Gasteiger partial charge in [0.05, 0.1) is 6.54 Å². The Bertz CT molecular complexity index is 364. The summed E-state index contributed by atoms with van der Waals surface area (Å²) in [4.78, 5) is 22.4. The van der Waals surface area contributed by atoms with Crippen molar-refractivity contribution < 1.29 is 9.59 Å². The molecule has 0 aliphatic carbocycles. The molecule has 0 radical (unpaired) electrons. The van der Waals surface area contributed by atoms with Crippen LogP contribution >= 0.6 is 0 Å². The van der Waals surface area contributed by atoms with E-state index in [9.17, 15) is 9.59 Å². The van der Waals surface area contributed by atoms with Crippen LogP contribution in [0, 0.1) is 0 Å². The number of amides is 3. The van der Waals surface area contributed by atoms with Crippen LogP contribution in [0.4, 0.5) is 4.79 Å². The topological polar surface area (TPSA) is 88.0 Å². The highest BCUT2D eigenvalue weighted by Crippen LogP contribution is 1.87. The molecule has 3 N–H and O–H groups in total. The van der Waals surface area contributed by atoms with Crippen LogP contribution in [0.15, 0.2) is 18.5 Å². The Morgan fingerprint density at radius 3 is 2.78 bits per heavy atom. The maximum Gasteiger partial charge on any atom is 0.315 e. The molecule has 100 valence electrons. The molecule has 0 spiro atoms. The fourth-order valence-corrected chi connectivity index (χ4v) is 1.36. The number of nitrogens with one attached hydrogen (secondary N) is 3. The SMILES string of the molecule is CCNC(=O)CNC(=O)NCCCn1cccn1. The molecule has 0 aliphatic heterocycles. The quantitative estimate of drug-likeness (QED) is 0.583. The van der Waals surface area contributed by atoms with Gasteiger partial charge >= 0.3 is 6.03 Å². The predicted molar refractivity (Wildman–Crippen MR) is 66.9 cm³/mol. The molecular weight excluding hydrogens is 234 g/mol. The van der Waals surface area contributed by atoms with E-state index in [-0.39, 0.29) is 18.5 Å². The third-order valence-electron chi connectivity index (χ3n) is 2.19. The number of hydrogen-bond acceptors (Lipinski definition) is 3. The van der Waals surface area contributed by atoms with Crippen molar-refractivity contribution in [2.24, 2.45) is 0 Å². The lowest BCUT2D eigenvalue weighted by Gasteiger charge is -2.07. The van der Waals surface area contributed by atoms with Gasteiger partial charge in [-0.15, -0.1) is 0 Å². The summed E-state index contributed by atoms with van der Waals surface area (Å²) in [6.45, 7) is 3.68. The summed E-state index contributed by atoms with van der Waals surface area (Å²) in [5, 5.41) is 11.8. The standard InChI is InChI=1S/C11H19N5O2/c1-2-12-10(17)9-14-11(18)13-5-3-7-16-8-4-6-15-16/h4,6,8H,2-3,5,7,9H2,1H3,(H,12,17)(H2,13,14,18). The molecule has 1 rings (SSSR count). The van der Waals surface area contributed by atoms with Crippen molar-refractivity contribution in [3.8, 4) is 0 Å². The van der Waals surface area contributed by atoms with E-state index in [1.165, 1.54) is 0 Å². The molecule has 0 saturated carbocycles. The second kappa shape index (κ2) is 8.10. The number of aromatic nitrogens is 2. The summed E-state index contributed by atoms with van der Waals surface area (Å²) >= 11 is 0. The fourth-order valence-electron chi connectivity index (χ4n) is 1.36. The van der Waals surface area contributed by atoms with Crippen LogP contribution in [0.1, 0.15) is 13.3 Å². The molecule has 0 atom stereocenters. The maximum absolute atomic E-state index is 11.3. The summed E-state index contributed by atoms with van der Waals surface area (Å²) in [5.41, 5.74) is 0. The first kappa shape index (κ1) is 14.0. The van der Waals surface area contributed by atoms with Gasteiger partial charge in [0.15, 0.2) is 0 Å². The Morgan fingerprint density at radius 1 is 1.28 bits per heavy atom. The number of carbonyl (C=O) groups is 2. The van der Waals surface area contributed by atoms with Crippen LogP contribution in [0.25, 0.3) is 0 Å². The molecule has 0 aliphatic rings. The minimum Gasteiger partial charge on any atom is -0.355 e. The van der Waals surface area contributed by atoms with E-state index >= 15 is 0 Å². The third kappa shape index (κ3) is 5.88. The first-order valence-electron chi connectivity index (χ1n) is 5.98. The van der Waals surface area contributed by atoms with E-state index < -0.39 is 0 Å². The number of rotatable bonds is 7. The lowest BCUT2D eigenvalue weighted by Crippen LogP contribution is -2.42. The third-order valence-corrected chi connectivity index (χ3v) is 2.19. The van der Waals surface area contributed by atoms with Crippen molar-refractivity contribution in [2.75, 3.05) is 19.6 Å². The van der Waals surface area contributed by atoms with Crippen LogP contribution < -0.4 is 16.0 Å². The lowest BCUT2D eigenvalue weighted by atomic mass is 10.4. The second-order valence-corrected chi connectivity index (χ2v) is 3.69. The molecular formula is C11H19N5O2. The zero-order valence-electron chi connectivity index (χ0n) is 10.5. The summed E-state index contributed by atoms with van der Waals surface area (Å²) in [7, 11) is 0. The van der Waals surface area contributed by atoms with E-state index in [0.29, 0.717) is 13.1 Å². The van der Waals surface area contributed by atoms with Crippen LogP contribution in [0.3, 0.4) is 0 Å². The molecule has 3 amide bonds. The largest absolute Gasteiger partial charge is 0.355 e. The van der Waals surface area contributed by atoms with Crippen LogP contribution in [-0.4, -0.2) is 41.4 Å². The van der Waals surface area contributed by atoms with E-state index in [1.807, 2.05) is 19.2 Å². The summed E-state index contributed by atoms with van der Waals surface area (Å²) in [6, 6.07) is 1.52. The maximum atomic E-state index is 11.3. The molecule has 0 unspecified atom stereocenters. The lowest BCUT2D eigenvalue weighted by molar-refractivity contribution is -0.119. The Hall–Kier alpha value is -2.05. The molecule has 0 fully saturated rings. The highest BCUT2D eigenvalue weighted by Gasteiger charge is 2.03. The second-order valence-electron chi connectivity index (χ2n) is 3.69. The highest BCUT2D eigenvalue weighted by molar-refractivity contribution is 5.83. The molecule has 1 heterocycles. The monoisotopic (exact) mass is 253 g/mol. The number of carbonyl (C=O) groups excluding carboxylic acids is 2. The van der Waals surface area contributed by atoms with Crippen LogP contribution in [-0.2, 0) is 11.3 Å². The molecule has 0 bridgehead atoms. The number of likely N-dealkylation sites (N-methyl/N-ethyl adjacent to an activating group) is 1. The van der Waals surface area contributed by atoms with Crippen LogP contribution in [0.2, 0.25) is 0 Å². The average Bonchev–Trinajstić information content (AvgIpc) is 2.85. The van der Waals surface area contributed by atoms with E-state index in [4.69, 9.17) is 0 Å². The van der Waals surface area contributed by atoms with Gasteiger partial charge in [-0.05, 0) is 19.4 Å². The molecule has 1 aromatic heterocycles. The molecule has 1 aromatic rings. The fraction of sp³-hybridized carbons (Fsp3) is 0.545. The normalized spacial score (nSPS) is 9.83. The van der Waals surface area contributed by atoms with Gasteiger partial charge in [0, 0.05) is 32.0 Å². The Kier molecular flexibility index (Phi) is 6.31. The molecule has 0 saturated heterocycles. The Balaban J connectivity index is 2.01. The first-order chi connectivity index (χ1) is 8.72. The molecule has 7 nitrogen and oxygen atoms in total.